The van der Waals surface area contributed by atoms with Crippen LogP contribution in [0, 0.1) is 0 Å². The van der Waals surface area contributed by atoms with E-state index >= 15 is 0 Å². The van der Waals surface area contributed by atoms with Gasteiger partial charge < -0.3 is 42.8 Å². The summed E-state index contributed by atoms with van der Waals surface area (Å²) in [4.78, 5) is 62.2. The van der Waals surface area contributed by atoms with Crippen LogP contribution in [-0.4, -0.2) is 82.0 Å². The summed E-state index contributed by atoms with van der Waals surface area (Å²) in [6, 6.07) is 5.46. The number of guanidine groups is 1. The summed E-state index contributed by atoms with van der Waals surface area (Å²) in [6.07, 6.45) is 5.07. The molecule has 40 heavy (non-hydrogen) atoms. The molecule has 0 spiro atoms. The molecule has 10 N–H and O–H groups in total. The lowest BCUT2D eigenvalue weighted by Gasteiger charge is -2.25. The van der Waals surface area contributed by atoms with Crippen molar-refractivity contribution in [1.29, 1.82) is 0 Å². The Hall–Kier alpha value is -4.46. The second kappa shape index (κ2) is 15.2. The van der Waals surface area contributed by atoms with Gasteiger partial charge in [-0.25, -0.2) is 9.78 Å². The van der Waals surface area contributed by atoms with E-state index in [4.69, 9.17) is 11.5 Å². The molecule has 0 bridgehead atoms. The lowest BCUT2D eigenvalue weighted by Crippen LogP contribution is -2.58. The number of hydrogen-bond donors (Lipinski definition) is 8. The van der Waals surface area contributed by atoms with Crippen molar-refractivity contribution in [2.24, 2.45) is 16.5 Å². The molecule has 1 aromatic heterocycles. The second-order valence-electron chi connectivity index (χ2n) is 9.59. The summed E-state index contributed by atoms with van der Waals surface area (Å²) in [5, 5.41) is 20.8. The third-order valence-corrected chi connectivity index (χ3v) is 6.46. The molecule has 1 aliphatic heterocycles. The molecule has 4 unspecified atom stereocenters. The number of aromatic amines is 1. The van der Waals surface area contributed by atoms with E-state index in [0.717, 1.165) is 18.5 Å². The zero-order valence-corrected chi connectivity index (χ0v) is 22.1. The van der Waals surface area contributed by atoms with E-state index in [1.165, 1.54) is 12.5 Å². The number of aromatic nitrogens is 2. The zero-order chi connectivity index (χ0) is 28.9. The van der Waals surface area contributed by atoms with Crippen LogP contribution in [0.4, 0.5) is 0 Å². The molecule has 1 aliphatic rings. The van der Waals surface area contributed by atoms with Gasteiger partial charge in [-0.05, 0) is 37.8 Å². The number of H-pyrrole nitrogens is 1. The molecule has 2 aromatic rings. The quantitative estimate of drug-likeness (QED) is 0.0728. The largest absolute Gasteiger partial charge is 0.480 e. The van der Waals surface area contributed by atoms with Crippen LogP contribution in [0.3, 0.4) is 0 Å². The number of hydrogen-bond acceptors (Lipinski definition) is 7. The van der Waals surface area contributed by atoms with Gasteiger partial charge in [0.15, 0.2) is 5.96 Å². The molecule has 14 nitrogen and oxygen atoms in total. The highest BCUT2D eigenvalue weighted by molar-refractivity contribution is 5.94. The van der Waals surface area contributed by atoms with Gasteiger partial charge in [-0.2, -0.15) is 0 Å². The van der Waals surface area contributed by atoms with Crippen LogP contribution in [0.5, 0.6) is 0 Å². The molecule has 4 atom stereocenters. The van der Waals surface area contributed by atoms with Gasteiger partial charge in [0.1, 0.15) is 18.1 Å². The number of carbonyl (C=O) groups is 4. The minimum Gasteiger partial charge on any atom is -0.480 e. The average molecular weight is 556 g/mol. The summed E-state index contributed by atoms with van der Waals surface area (Å²) >= 11 is 0. The molecule has 1 saturated heterocycles. The molecule has 0 radical (unpaired) electrons. The third-order valence-electron chi connectivity index (χ3n) is 6.46. The molecule has 1 fully saturated rings. The Bertz CT molecular complexity index is 1150. The molecule has 216 valence electrons. The van der Waals surface area contributed by atoms with E-state index in [0.29, 0.717) is 18.5 Å². The number of carbonyl (C=O) groups excluding carboxylic acids is 3. The monoisotopic (exact) mass is 555 g/mol. The van der Waals surface area contributed by atoms with E-state index in [1.54, 1.807) is 0 Å². The summed E-state index contributed by atoms with van der Waals surface area (Å²) in [6.45, 7) is 0.920. The van der Waals surface area contributed by atoms with Crippen LogP contribution in [0.25, 0.3) is 0 Å². The van der Waals surface area contributed by atoms with Crippen LogP contribution in [0.1, 0.15) is 36.9 Å². The Morgan fingerprint density at radius 1 is 1.02 bits per heavy atom. The van der Waals surface area contributed by atoms with Crippen molar-refractivity contribution in [3.63, 3.8) is 0 Å². The summed E-state index contributed by atoms with van der Waals surface area (Å²) in [7, 11) is 0. The Balaban J connectivity index is 1.75. The zero-order valence-electron chi connectivity index (χ0n) is 22.1. The summed E-state index contributed by atoms with van der Waals surface area (Å²) < 4.78 is 0. The van der Waals surface area contributed by atoms with E-state index in [-0.39, 0.29) is 37.7 Å². The number of amides is 3. The van der Waals surface area contributed by atoms with Gasteiger partial charge in [0, 0.05) is 31.3 Å². The first-order valence-corrected chi connectivity index (χ1v) is 13.2. The fourth-order valence-electron chi connectivity index (χ4n) is 4.37. The Morgan fingerprint density at radius 2 is 1.73 bits per heavy atom. The first-order chi connectivity index (χ1) is 19.2. The van der Waals surface area contributed by atoms with Crippen molar-refractivity contribution in [3.8, 4) is 0 Å². The lowest BCUT2D eigenvalue weighted by atomic mass is 10.0. The summed E-state index contributed by atoms with van der Waals surface area (Å²) in [5.41, 5.74) is 12.0. The number of nitrogens with two attached hydrogens (primary N) is 2. The highest BCUT2D eigenvalue weighted by Crippen LogP contribution is 2.09. The topological polar surface area (TPSA) is 230 Å². The predicted molar refractivity (Wildman–Crippen MR) is 147 cm³/mol. The van der Waals surface area contributed by atoms with E-state index in [9.17, 15) is 24.3 Å². The van der Waals surface area contributed by atoms with Crippen LogP contribution in [0.2, 0.25) is 0 Å². The number of aliphatic carboxylic acids is 1. The van der Waals surface area contributed by atoms with Crippen LogP contribution >= 0.6 is 0 Å². The van der Waals surface area contributed by atoms with Crippen molar-refractivity contribution >= 4 is 29.7 Å². The lowest BCUT2D eigenvalue weighted by molar-refractivity contribution is -0.142. The van der Waals surface area contributed by atoms with Crippen LogP contribution in [-0.2, 0) is 32.0 Å². The van der Waals surface area contributed by atoms with E-state index in [1.807, 2.05) is 30.3 Å². The molecule has 0 saturated carbocycles. The molecular weight excluding hydrogens is 518 g/mol. The maximum absolute atomic E-state index is 13.5. The maximum Gasteiger partial charge on any atom is 0.326 e. The highest BCUT2D eigenvalue weighted by atomic mass is 16.4. The minimum atomic E-state index is -1.23. The number of nitrogens with zero attached hydrogens (tertiary/aromatic N) is 2. The molecule has 2 heterocycles. The number of benzene rings is 1. The fourth-order valence-corrected chi connectivity index (χ4v) is 4.37. The number of nitrogens with one attached hydrogen (secondary N) is 5. The van der Waals surface area contributed by atoms with Gasteiger partial charge in [0.05, 0.1) is 12.4 Å². The van der Waals surface area contributed by atoms with Gasteiger partial charge >= 0.3 is 5.97 Å². The Kier molecular flexibility index (Phi) is 11.4. The van der Waals surface area contributed by atoms with Gasteiger partial charge in [0.2, 0.25) is 17.7 Å². The molecular formula is C26H37N9O5. The SMILES string of the molecule is NC(N)=NCCCC(NC(=O)C(Cc1cnc[nH]1)NC(=O)C(Cc1ccccc1)NC(=O)C1CCCN1)C(=O)O. The molecule has 3 rings (SSSR count). The van der Waals surface area contributed by atoms with Gasteiger partial charge in [-0.3, -0.25) is 19.4 Å². The van der Waals surface area contributed by atoms with E-state index < -0.39 is 42.0 Å². The van der Waals surface area contributed by atoms with Gasteiger partial charge in [-0.1, -0.05) is 30.3 Å². The number of carboxylic acid groups (broad SMARTS) is 1. The fraction of sp³-hybridized carbons (Fsp3) is 0.462. The third kappa shape index (κ3) is 9.69. The number of rotatable bonds is 15. The minimum absolute atomic E-state index is 0.0219. The van der Waals surface area contributed by atoms with Crippen molar-refractivity contribution < 1.29 is 24.3 Å². The second-order valence-corrected chi connectivity index (χ2v) is 9.59. The van der Waals surface area contributed by atoms with Crippen molar-refractivity contribution in [3.05, 3.63) is 54.1 Å². The Labute approximate surface area is 231 Å². The smallest absolute Gasteiger partial charge is 0.326 e. The number of carboxylic acids is 1. The molecule has 0 aliphatic carbocycles. The summed E-state index contributed by atoms with van der Waals surface area (Å²) in [5.74, 6) is -2.91. The first kappa shape index (κ1) is 30.1. The average Bonchev–Trinajstić information content (AvgIpc) is 3.65. The molecule has 14 heteroatoms. The van der Waals surface area contributed by atoms with Crippen LogP contribution in [0.15, 0.2) is 47.8 Å². The first-order valence-electron chi connectivity index (χ1n) is 13.2. The normalized spacial score (nSPS) is 16.8. The number of aliphatic imine (C=N–C) groups is 1. The highest BCUT2D eigenvalue weighted by Gasteiger charge is 2.32. The van der Waals surface area contributed by atoms with Crippen LogP contribution < -0.4 is 32.7 Å². The molecule has 1 aromatic carbocycles. The Morgan fingerprint density at radius 3 is 2.33 bits per heavy atom. The van der Waals surface area contributed by atoms with Crippen molar-refractivity contribution in [2.45, 2.75) is 62.7 Å². The van der Waals surface area contributed by atoms with E-state index in [2.05, 4.69) is 36.2 Å². The van der Waals surface area contributed by atoms with Gasteiger partial charge in [0.25, 0.3) is 0 Å². The molecule has 3 amide bonds. The maximum atomic E-state index is 13.5. The van der Waals surface area contributed by atoms with Crippen molar-refractivity contribution in [1.82, 2.24) is 31.2 Å². The standard InChI is InChI=1S/C26H37N9O5/c27-26(28)31-11-5-9-19(25(39)40)33-24(38)21(13-17-14-29-15-32-17)35-23(37)20(12-16-6-2-1-3-7-16)34-22(36)18-8-4-10-30-18/h1-3,6-7,14-15,18-21,30H,4-5,8-13H2,(H,29,32)(H,33,38)(H,34,36)(H,35,37)(H,39,40)(H4,27,28,31). The van der Waals surface area contributed by atoms with Crippen molar-refractivity contribution in [2.75, 3.05) is 13.1 Å². The van der Waals surface area contributed by atoms with Gasteiger partial charge in [-0.15, -0.1) is 0 Å². The predicted octanol–water partition coefficient (Wildman–Crippen LogP) is -1.46. The number of imidazole rings is 1.